The maximum atomic E-state index is 5.61. The van der Waals surface area contributed by atoms with Crippen molar-refractivity contribution in [1.82, 2.24) is 9.97 Å². The van der Waals surface area contributed by atoms with E-state index in [2.05, 4.69) is 16.9 Å². The van der Waals surface area contributed by atoms with Crippen LogP contribution in [-0.4, -0.2) is 9.97 Å². The van der Waals surface area contributed by atoms with Gasteiger partial charge in [0.05, 0.1) is 5.69 Å². The average molecular weight is 193 g/mol. The fraction of sp³-hybridized carbons (Fsp3) is 0.727. The summed E-state index contributed by atoms with van der Waals surface area (Å²) < 4.78 is 0. The first-order chi connectivity index (χ1) is 6.81. The number of aromatic amines is 1. The van der Waals surface area contributed by atoms with E-state index in [9.17, 15) is 0 Å². The van der Waals surface area contributed by atoms with Gasteiger partial charge in [-0.05, 0) is 19.8 Å². The molecule has 3 nitrogen and oxygen atoms in total. The molecule has 3 heteroatoms. The van der Waals surface area contributed by atoms with E-state index in [1.165, 1.54) is 37.9 Å². The zero-order valence-electron chi connectivity index (χ0n) is 8.84. The lowest BCUT2D eigenvalue weighted by Gasteiger charge is -2.19. The van der Waals surface area contributed by atoms with Crippen LogP contribution in [0, 0.1) is 6.92 Å². The Labute approximate surface area is 85.1 Å². The lowest BCUT2D eigenvalue weighted by Crippen LogP contribution is -2.06. The van der Waals surface area contributed by atoms with Crippen LogP contribution in [0.3, 0.4) is 0 Å². The fourth-order valence-corrected chi connectivity index (χ4v) is 2.29. The minimum absolute atomic E-state index is 0.551. The van der Waals surface area contributed by atoms with Crippen molar-refractivity contribution in [3.8, 4) is 0 Å². The van der Waals surface area contributed by atoms with Gasteiger partial charge in [0, 0.05) is 18.2 Å². The van der Waals surface area contributed by atoms with Crippen molar-refractivity contribution in [2.45, 2.75) is 51.5 Å². The zero-order chi connectivity index (χ0) is 9.97. The second kappa shape index (κ2) is 4.13. The molecule has 1 aliphatic carbocycles. The maximum absolute atomic E-state index is 5.61. The van der Waals surface area contributed by atoms with Crippen LogP contribution in [0.5, 0.6) is 0 Å². The molecule has 1 aromatic rings. The van der Waals surface area contributed by atoms with Crippen LogP contribution in [0.2, 0.25) is 0 Å². The van der Waals surface area contributed by atoms with Crippen LogP contribution in [-0.2, 0) is 6.54 Å². The van der Waals surface area contributed by atoms with Crippen molar-refractivity contribution in [2.24, 2.45) is 5.73 Å². The van der Waals surface area contributed by atoms with Gasteiger partial charge in [-0.1, -0.05) is 19.3 Å². The summed E-state index contributed by atoms with van der Waals surface area (Å²) in [5, 5.41) is 0. The van der Waals surface area contributed by atoms with E-state index in [4.69, 9.17) is 5.73 Å². The quantitative estimate of drug-likeness (QED) is 0.756. The minimum atomic E-state index is 0.551. The molecule has 0 amide bonds. The highest BCUT2D eigenvalue weighted by Gasteiger charge is 2.19. The monoisotopic (exact) mass is 193 g/mol. The van der Waals surface area contributed by atoms with Crippen LogP contribution in [0.15, 0.2) is 0 Å². The SMILES string of the molecule is Cc1[nH]c(C2CCCCC2)nc1CN. The van der Waals surface area contributed by atoms with Gasteiger partial charge < -0.3 is 10.7 Å². The molecule has 0 aliphatic heterocycles. The maximum Gasteiger partial charge on any atom is 0.109 e. The van der Waals surface area contributed by atoms with Gasteiger partial charge in [0.15, 0.2) is 0 Å². The molecule has 78 valence electrons. The third-order valence-electron chi connectivity index (χ3n) is 3.19. The third kappa shape index (κ3) is 1.82. The van der Waals surface area contributed by atoms with Gasteiger partial charge in [-0.2, -0.15) is 0 Å². The molecular formula is C11H19N3. The second-order valence-corrected chi connectivity index (χ2v) is 4.23. The minimum Gasteiger partial charge on any atom is -0.346 e. The summed E-state index contributed by atoms with van der Waals surface area (Å²) in [5.74, 6) is 1.82. The molecule has 0 spiro atoms. The summed E-state index contributed by atoms with van der Waals surface area (Å²) in [6.07, 6.45) is 6.67. The number of rotatable bonds is 2. The zero-order valence-corrected chi connectivity index (χ0v) is 8.84. The summed E-state index contributed by atoms with van der Waals surface area (Å²) in [6, 6.07) is 0. The molecule has 0 atom stereocenters. The molecule has 1 heterocycles. The van der Waals surface area contributed by atoms with Crippen molar-refractivity contribution < 1.29 is 0 Å². The molecular weight excluding hydrogens is 174 g/mol. The van der Waals surface area contributed by atoms with Gasteiger partial charge in [-0.25, -0.2) is 4.98 Å². The Kier molecular flexibility index (Phi) is 2.87. The topological polar surface area (TPSA) is 54.7 Å². The Morgan fingerprint density at radius 3 is 2.64 bits per heavy atom. The van der Waals surface area contributed by atoms with Crippen molar-refractivity contribution in [2.75, 3.05) is 0 Å². The number of H-pyrrole nitrogens is 1. The summed E-state index contributed by atoms with van der Waals surface area (Å²) in [5.41, 5.74) is 7.79. The van der Waals surface area contributed by atoms with E-state index in [-0.39, 0.29) is 0 Å². The van der Waals surface area contributed by atoms with Crippen molar-refractivity contribution >= 4 is 0 Å². The van der Waals surface area contributed by atoms with Gasteiger partial charge in [-0.3, -0.25) is 0 Å². The molecule has 0 aromatic carbocycles. The van der Waals surface area contributed by atoms with Gasteiger partial charge in [0.2, 0.25) is 0 Å². The Morgan fingerprint density at radius 1 is 1.36 bits per heavy atom. The molecule has 14 heavy (non-hydrogen) atoms. The summed E-state index contributed by atoms with van der Waals surface area (Å²) in [4.78, 5) is 7.95. The predicted octanol–water partition coefficient (Wildman–Crippen LogP) is 2.22. The van der Waals surface area contributed by atoms with Gasteiger partial charge in [0.1, 0.15) is 5.82 Å². The number of nitrogens with one attached hydrogen (secondary N) is 1. The number of aromatic nitrogens is 2. The molecule has 3 N–H and O–H groups in total. The van der Waals surface area contributed by atoms with E-state index >= 15 is 0 Å². The Bertz CT molecular complexity index is 297. The number of hydrogen-bond donors (Lipinski definition) is 2. The van der Waals surface area contributed by atoms with Crippen molar-refractivity contribution in [3.05, 3.63) is 17.2 Å². The first kappa shape index (κ1) is 9.71. The van der Waals surface area contributed by atoms with Gasteiger partial charge in [-0.15, -0.1) is 0 Å². The first-order valence-electron chi connectivity index (χ1n) is 5.56. The fourth-order valence-electron chi connectivity index (χ4n) is 2.29. The molecule has 0 radical (unpaired) electrons. The Morgan fingerprint density at radius 2 is 2.07 bits per heavy atom. The molecule has 1 aliphatic rings. The van der Waals surface area contributed by atoms with E-state index in [1.54, 1.807) is 0 Å². The highest BCUT2D eigenvalue weighted by Crippen LogP contribution is 2.31. The lowest BCUT2D eigenvalue weighted by molar-refractivity contribution is 0.430. The molecule has 0 bridgehead atoms. The average Bonchev–Trinajstić information content (AvgIpc) is 2.61. The lowest BCUT2D eigenvalue weighted by atomic mass is 9.89. The molecule has 0 saturated heterocycles. The summed E-state index contributed by atoms with van der Waals surface area (Å²) in [7, 11) is 0. The number of hydrogen-bond acceptors (Lipinski definition) is 2. The van der Waals surface area contributed by atoms with Gasteiger partial charge >= 0.3 is 0 Å². The third-order valence-corrected chi connectivity index (χ3v) is 3.19. The number of aryl methyl sites for hydroxylation is 1. The second-order valence-electron chi connectivity index (χ2n) is 4.23. The van der Waals surface area contributed by atoms with E-state index in [0.717, 1.165) is 11.4 Å². The molecule has 1 aromatic heterocycles. The normalized spacial score (nSPS) is 18.7. The van der Waals surface area contributed by atoms with E-state index in [1.807, 2.05) is 0 Å². The first-order valence-corrected chi connectivity index (χ1v) is 5.56. The molecule has 2 rings (SSSR count). The van der Waals surface area contributed by atoms with Crippen LogP contribution < -0.4 is 5.73 Å². The summed E-state index contributed by atoms with van der Waals surface area (Å²) in [6.45, 7) is 2.61. The highest BCUT2D eigenvalue weighted by molar-refractivity contribution is 5.15. The molecule has 1 fully saturated rings. The number of nitrogens with zero attached hydrogens (tertiary/aromatic N) is 1. The van der Waals surface area contributed by atoms with Crippen LogP contribution in [0.4, 0.5) is 0 Å². The van der Waals surface area contributed by atoms with Crippen molar-refractivity contribution in [3.63, 3.8) is 0 Å². The van der Waals surface area contributed by atoms with Crippen molar-refractivity contribution in [1.29, 1.82) is 0 Å². The predicted molar refractivity (Wildman–Crippen MR) is 57.0 cm³/mol. The number of nitrogens with two attached hydrogens (primary N) is 1. The van der Waals surface area contributed by atoms with Crippen LogP contribution in [0.1, 0.15) is 55.2 Å². The van der Waals surface area contributed by atoms with Crippen LogP contribution in [0.25, 0.3) is 0 Å². The Hall–Kier alpha value is -0.830. The molecule has 0 unspecified atom stereocenters. The Balaban J connectivity index is 2.14. The standard InChI is InChI=1S/C11H19N3/c1-8-10(7-12)14-11(13-8)9-5-3-2-4-6-9/h9H,2-7,12H2,1H3,(H,13,14). The highest BCUT2D eigenvalue weighted by atomic mass is 15.0. The van der Waals surface area contributed by atoms with E-state index < -0.39 is 0 Å². The smallest absolute Gasteiger partial charge is 0.109 e. The van der Waals surface area contributed by atoms with Gasteiger partial charge in [0.25, 0.3) is 0 Å². The largest absolute Gasteiger partial charge is 0.346 e. The van der Waals surface area contributed by atoms with Crippen LogP contribution >= 0.6 is 0 Å². The number of imidazole rings is 1. The summed E-state index contributed by atoms with van der Waals surface area (Å²) >= 11 is 0. The van der Waals surface area contributed by atoms with E-state index in [0.29, 0.717) is 12.5 Å². The molecule has 1 saturated carbocycles.